The van der Waals surface area contributed by atoms with Gasteiger partial charge >= 0.3 is 0 Å². The first-order valence-corrected chi connectivity index (χ1v) is 5.27. The van der Waals surface area contributed by atoms with Gasteiger partial charge in [-0.3, -0.25) is 14.8 Å². The second-order valence-corrected chi connectivity index (χ2v) is 4.30. The molecule has 0 atom stereocenters. The monoisotopic (exact) mass is 217 g/mol. The fourth-order valence-electron chi connectivity index (χ4n) is 2.08. The summed E-state index contributed by atoms with van der Waals surface area (Å²) in [5.74, 6) is 0.367. The molecule has 1 aromatic carbocycles. The summed E-state index contributed by atoms with van der Waals surface area (Å²) in [6.07, 6.45) is 3.91. The molecule has 82 valence electrons. The Morgan fingerprint density at radius 2 is 2.25 bits per heavy atom. The van der Waals surface area contributed by atoms with Gasteiger partial charge in [-0.15, -0.1) is 0 Å². The largest absolute Gasteiger partial charge is 0.275 e. The van der Waals surface area contributed by atoms with Crippen LogP contribution in [0.3, 0.4) is 0 Å². The van der Waals surface area contributed by atoms with E-state index >= 15 is 0 Å². The zero-order valence-corrected chi connectivity index (χ0v) is 8.88. The molecule has 0 radical (unpaired) electrons. The number of nitrogens with zero attached hydrogens (tertiary/aromatic N) is 3. The van der Waals surface area contributed by atoms with Crippen molar-refractivity contribution in [3.63, 3.8) is 0 Å². The maximum absolute atomic E-state index is 11.0. The topological polar surface area (TPSA) is 61.0 Å². The van der Waals surface area contributed by atoms with Gasteiger partial charge in [0.05, 0.1) is 10.4 Å². The molecule has 1 saturated carbocycles. The minimum absolute atomic E-state index is 0.239. The lowest BCUT2D eigenvalue weighted by Crippen LogP contribution is -1.94. The molecule has 1 aliphatic carbocycles. The molecule has 3 rings (SSSR count). The zero-order chi connectivity index (χ0) is 11.3. The van der Waals surface area contributed by atoms with Gasteiger partial charge < -0.3 is 0 Å². The molecule has 16 heavy (non-hydrogen) atoms. The van der Waals surface area contributed by atoms with Crippen LogP contribution in [0.1, 0.15) is 24.3 Å². The highest BCUT2D eigenvalue weighted by Gasteiger charge is 2.31. The Bertz CT molecular complexity index is 584. The van der Waals surface area contributed by atoms with E-state index in [1.807, 2.05) is 13.1 Å². The summed E-state index contributed by atoms with van der Waals surface area (Å²) >= 11 is 0. The van der Waals surface area contributed by atoms with E-state index in [0.717, 1.165) is 29.3 Å². The minimum atomic E-state index is -0.292. The van der Waals surface area contributed by atoms with E-state index in [4.69, 9.17) is 0 Å². The molecule has 1 fully saturated rings. The average molecular weight is 217 g/mol. The summed E-state index contributed by atoms with van der Waals surface area (Å²) in [4.78, 5) is 10.7. The SMILES string of the molecule is Cn1cc2cc([N+](=O)[O-])c(C3CC3)cc2n1. The van der Waals surface area contributed by atoms with Gasteiger partial charge in [-0.2, -0.15) is 5.10 Å². The Morgan fingerprint density at radius 1 is 1.50 bits per heavy atom. The van der Waals surface area contributed by atoms with Crippen LogP contribution in [-0.2, 0) is 7.05 Å². The number of benzene rings is 1. The number of nitro groups is 1. The van der Waals surface area contributed by atoms with Crippen LogP contribution in [0.5, 0.6) is 0 Å². The summed E-state index contributed by atoms with van der Waals surface area (Å²) < 4.78 is 1.69. The molecule has 0 spiro atoms. The van der Waals surface area contributed by atoms with Crippen LogP contribution in [0.2, 0.25) is 0 Å². The van der Waals surface area contributed by atoms with Crippen molar-refractivity contribution < 1.29 is 4.92 Å². The van der Waals surface area contributed by atoms with Crippen LogP contribution in [0.25, 0.3) is 10.9 Å². The third kappa shape index (κ3) is 1.36. The summed E-state index contributed by atoms with van der Waals surface area (Å²) in [5.41, 5.74) is 1.93. The van der Waals surface area contributed by atoms with Crippen LogP contribution in [0.15, 0.2) is 18.3 Å². The Kier molecular flexibility index (Phi) is 1.77. The van der Waals surface area contributed by atoms with Crippen LogP contribution in [-0.4, -0.2) is 14.7 Å². The lowest BCUT2D eigenvalue weighted by molar-refractivity contribution is -0.385. The van der Waals surface area contributed by atoms with Crippen molar-refractivity contribution in [3.8, 4) is 0 Å². The van der Waals surface area contributed by atoms with Gasteiger partial charge in [-0.1, -0.05) is 0 Å². The standard InChI is InChI=1S/C11H11N3O2/c1-13-6-8-4-11(14(15)16)9(7-2-3-7)5-10(8)12-13/h4-7H,2-3H2,1H3. The molecule has 0 aliphatic heterocycles. The highest BCUT2D eigenvalue weighted by molar-refractivity contribution is 5.82. The van der Waals surface area contributed by atoms with E-state index in [0.29, 0.717) is 5.92 Å². The number of fused-ring (bicyclic) bond motifs is 1. The number of hydrogen-bond donors (Lipinski definition) is 0. The third-order valence-corrected chi connectivity index (χ3v) is 2.98. The van der Waals surface area contributed by atoms with Crippen molar-refractivity contribution in [2.75, 3.05) is 0 Å². The molecule has 2 aromatic rings. The van der Waals surface area contributed by atoms with Crippen molar-refractivity contribution in [2.24, 2.45) is 7.05 Å². The van der Waals surface area contributed by atoms with Crippen molar-refractivity contribution >= 4 is 16.6 Å². The van der Waals surface area contributed by atoms with Crippen LogP contribution in [0, 0.1) is 10.1 Å². The molecule has 0 N–H and O–H groups in total. The quantitative estimate of drug-likeness (QED) is 0.573. The summed E-state index contributed by atoms with van der Waals surface area (Å²) in [6.45, 7) is 0. The molecule has 0 saturated heterocycles. The predicted octanol–water partition coefficient (Wildman–Crippen LogP) is 2.36. The van der Waals surface area contributed by atoms with E-state index in [1.54, 1.807) is 16.9 Å². The van der Waals surface area contributed by atoms with E-state index in [2.05, 4.69) is 5.10 Å². The first kappa shape index (κ1) is 9.33. The van der Waals surface area contributed by atoms with E-state index in [1.165, 1.54) is 0 Å². The van der Waals surface area contributed by atoms with E-state index in [9.17, 15) is 10.1 Å². The Hall–Kier alpha value is -1.91. The molecule has 5 nitrogen and oxygen atoms in total. The summed E-state index contributed by atoms with van der Waals surface area (Å²) in [6, 6.07) is 3.50. The fourth-order valence-corrected chi connectivity index (χ4v) is 2.08. The van der Waals surface area contributed by atoms with Crippen molar-refractivity contribution in [2.45, 2.75) is 18.8 Å². The molecular formula is C11H11N3O2. The van der Waals surface area contributed by atoms with Crippen molar-refractivity contribution in [3.05, 3.63) is 34.0 Å². The van der Waals surface area contributed by atoms with Crippen LogP contribution < -0.4 is 0 Å². The second-order valence-electron chi connectivity index (χ2n) is 4.30. The van der Waals surface area contributed by atoms with E-state index < -0.39 is 0 Å². The fraction of sp³-hybridized carbons (Fsp3) is 0.364. The highest BCUT2D eigenvalue weighted by Crippen LogP contribution is 2.45. The number of rotatable bonds is 2. The number of nitro benzene ring substituents is 1. The van der Waals surface area contributed by atoms with Crippen LogP contribution in [0.4, 0.5) is 5.69 Å². The molecule has 0 bridgehead atoms. The van der Waals surface area contributed by atoms with Gasteiger partial charge in [0, 0.05) is 30.3 Å². The second kappa shape index (κ2) is 3.04. The Labute approximate surface area is 91.8 Å². The maximum atomic E-state index is 11.0. The lowest BCUT2D eigenvalue weighted by atomic mass is 10.1. The number of aromatic nitrogens is 2. The molecule has 5 heteroatoms. The zero-order valence-electron chi connectivity index (χ0n) is 8.88. The number of hydrogen-bond acceptors (Lipinski definition) is 3. The Morgan fingerprint density at radius 3 is 2.88 bits per heavy atom. The van der Waals surface area contributed by atoms with Gasteiger partial charge in [0.2, 0.25) is 0 Å². The first-order chi connectivity index (χ1) is 7.65. The smallest absolute Gasteiger partial charge is 0.273 e. The summed E-state index contributed by atoms with van der Waals surface area (Å²) in [7, 11) is 1.82. The normalized spacial score (nSPS) is 15.6. The van der Waals surface area contributed by atoms with Crippen molar-refractivity contribution in [1.29, 1.82) is 0 Å². The molecule has 1 aromatic heterocycles. The predicted molar refractivity (Wildman–Crippen MR) is 59.3 cm³/mol. The van der Waals surface area contributed by atoms with Gasteiger partial charge in [0.1, 0.15) is 0 Å². The lowest BCUT2D eigenvalue weighted by Gasteiger charge is -2.00. The van der Waals surface area contributed by atoms with Gasteiger partial charge in [0.25, 0.3) is 5.69 Å². The van der Waals surface area contributed by atoms with Crippen LogP contribution >= 0.6 is 0 Å². The molecule has 0 unspecified atom stereocenters. The average Bonchev–Trinajstić information content (AvgIpc) is 2.98. The molecular weight excluding hydrogens is 206 g/mol. The van der Waals surface area contributed by atoms with Gasteiger partial charge in [-0.25, -0.2) is 0 Å². The molecule has 1 heterocycles. The molecule has 1 aliphatic rings. The maximum Gasteiger partial charge on any atom is 0.273 e. The number of aryl methyl sites for hydroxylation is 1. The van der Waals surface area contributed by atoms with Gasteiger partial charge in [0.15, 0.2) is 0 Å². The minimum Gasteiger partial charge on any atom is -0.275 e. The van der Waals surface area contributed by atoms with Crippen molar-refractivity contribution in [1.82, 2.24) is 9.78 Å². The summed E-state index contributed by atoms with van der Waals surface area (Å²) in [5, 5.41) is 16.1. The molecule has 0 amide bonds. The van der Waals surface area contributed by atoms with Gasteiger partial charge in [-0.05, 0) is 24.8 Å². The highest BCUT2D eigenvalue weighted by atomic mass is 16.6. The third-order valence-electron chi connectivity index (χ3n) is 2.98. The first-order valence-electron chi connectivity index (χ1n) is 5.27. The Balaban J connectivity index is 2.27. The van der Waals surface area contributed by atoms with E-state index in [-0.39, 0.29) is 10.6 Å².